The lowest BCUT2D eigenvalue weighted by molar-refractivity contribution is -0.137. The maximum atomic E-state index is 11.3. The number of likely N-dealkylation sites (tertiary alicyclic amines) is 1. The van der Waals surface area contributed by atoms with Crippen LogP contribution >= 0.6 is 11.8 Å². The zero-order valence-corrected chi connectivity index (χ0v) is 21.7. The molecule has 7 heteroatoms. The summed E-state index contributed by atoms with van der Waals surface area (Å²) < 4.78 is 5.37. The first-order valence-corrected chi connectivity index (χ1v) is 13.7. The van der Waals surface area contributed by atoms with Gasteiger partial charge in [0.1, 0.15) is 5.75 Å². The molecule has 1 aliphatic rings. The lowest BCUT2D eigenvalue weighted by atomic mass is 9.79. The second kappa shape index (κ2) is 13.1. The van der Waals surface area contributed by atoms with Crippen molar-refractivity contribution in [3.8, 4) is 5.75 Å². The number of hydrogen-bond acceptors (Lipinski definition) is 6. The van der Waals surface area contributed by atoms with Crippen LogP contribution in [0.3, 0.4) is 0 Å². The molecule has 1 fully saturated rings. The van der Waals surface area contributed by atoms with E-state index in [4.69, 9.17) is 4.74 Å². The SMILES string of the molecule is COc1ccc2nccc(C(O)CC[C@@H]3CCN(CCSc4ccccc4)C[C@@H]3CCC(=O)O)c2c1. The highest BCUT2D eigenvalue weighted by Crippen LogP contribution is 2.35. The summed E-state index contributed by atoms with van der Waals surface area (Å²) in [5, 5.41) is 21.3. The molecule has 0 amide bonds. The molecule has 0 spiro atoms. The Kier molecular flexibility index (Phi) is 9.61. The van der Waals surface area contributed by atoms with E-state index in [0.717, 1.165) is 60.4 Å². The molecule has 1 unspecified atom stereocenters. The van der Waals surface area contributed by atoms with E-state index in [2.05, 4.69) is 34.1 Å². The van der Waals surface area contributed by atoms with E-state index < -0.39 is 12.1 Å². The number of carboxylic acid groups (broad SMARTS) is 1. The van der Waals surface area contributed by atoms with E-state index in [-0.39, 0.29) is 6.42 Å². The molecule has 4 rings (SSSR count). The molecule has 1 saturated heterocycles. The fraction of sp³-hybridized carbons (Fsp3) is 0.448. The van der Waals surface area contributed by atoms with Crippen LogP contribution in [0, 0.1) is 11.8 Å². The number of aliphatic carboxylic acids is 1. The van der Waals surface area contributed by atoms with Crippen LogP contribution in [0.15, 0.2) is 65.7 Å². The Labute approximate surface area is 217 Å². The van der Waals surface area contributed by atoms with Crippen LogP contribution in [0.25, 0.3) is 10.9 Å². The maximum absolute atomic E-state index is 11.3. The van der Waals surface area contributed by atoms with E-state index in [1.54, 1.807) is 13.3 Å². The van der Waals surface area contributed by atoms with Crippen molar-refractivity contribution < 1.29 is 19.7 Å². The third kappa shape index (κ3) is 7.21. The average Bonchev–Trinajstić information content (AvgIpc) is 2.91. The predicted octanol–water partition coefficient (Wildman–Crippen LogP) is 5.65. The molecule has 0 aliphatic carbocycles. The molecule has 36 heavy (non-hydrogen) atoms. The number of aliphatic hydroxyl groups is 1. The lowest BCUT2D eigenvalue weighted by Gasteiger charge is -2.39. The largest absolute Gasteiger partial charge is 0.497 e. The van der Waals surface area contributed by atoms with Gasteiger partial charge in [0.05, 0.1) is 18.7 Å². The first-order valence-electron chi connectivity index (χ1n) is 12.8. The van der Waals surface area contributed by atoms with Crippen molar-refractivity contribution in [1.29, 1.82) is 0 Å². The molecule has 3 atom stereocenters. The Morgan fingerprint density at radius 1 is 1.17 bits per heavy atom. The standard InChI is InChI=1S/C29H36N2O4S/c1-35-23-9-10-27-26(19-23)25(13-15-30-27)28(32)11-7-21-14-16-31(20-22(21)8-12-29(33)34)17-18-36-24-5-3-2-4-6-24/h2-6,9-10,13,15,19,21-22,28,32H,7-8,11-12,14,16-18,20H2,1H3,(H,33,34)/t21-,22+,28?/m1/s1. The number of piperidine rings is 1. The molecular formula is C29H36N2O4S. The molecule has 0 bridgehead atoms. The van der Waals surface area contributed by atoms with Crippen molar-refractivity contribution in [3.63, 3.8) is 0 Å². The molecule has 0 radical (unpaired) electrons. The highest BCUT2D eigenvalue weighted by Gasteiger charge is 2.30. The number of hydrogen-bond donors (Lipinski definition) is 2. The molecule has 2 N–H and O–H groups in total. The lowest BCUT2D eigenvalue weighted by Crippen LogP contribution is -2.41. The third-order valence-electron chi connectivity index (χ3n) is 7.28. The van der Waals surface area contributed by atoms with Gasteiger partial charge in [0.25, 0.3) is 0 Å². The molecule has 1 aliphatic heterocycles. The van der Waals surface area contributed by atoms with Crippen molar-refractivity contribution in [3.05, 3.63) is 66.4 Å². The molecule has 192 valence electrons. The average molecular weight is 509 g/mol. The summed E-state index contributed by atoms with van der Waals surface area (Å²) in [6.45, 7) is 2.96. The zero-order chi connectivity index (χ0) is 25.3. The molecule has 0 saturated carbocycles. The van der Waals surface area contributed by atoms with Gasteiger partial charge >= 0.3 is 5.97 Å². The van der Waals surface area contributed by atoms with Gasteiger partial charge in [-0.3, -0.25) is 9.78 Å². The normalized spacial score (nSPS) is 19.3. The number of aromatic nitrogens is 1. The molecule has 1 aromatic heterocycles. The van der Waals surface area contributed by atoms with E-state index in [9.17, 15) is 15.0 Å². The number of carboxylic acids is 1. The minimum Gasteiger partial charge on any atom is -0.497 e. The maximum Gasteiger partial charge on any atom is 0.303 e. The van der Waals surface area contributed by atoms with Crippen molar-refractivity contribution in [1.82, 2.24) is 9.88 Å². The number of carbonyl (C=O) groups is 1. The summed E-state index contributed by atoms with van der Waals surface area (Å²) >= 11 is 1.87. The highest BCUT2D eigenvalue weighted by molar-refractivity contribution is 7.99. The minimum atomic E-state index is -0.734. The first-order chi connectivity index (χ1) is 17.5. The fourth-order valence-corrected chi connectivity index (χ4v) is 6.21. The topological polar surface area (TPSA) is 82.9 Å². The monoisotopic (exact) mass is 508 g/mol. The van der Waals surface area contributed by atoms with E-state index in [1.807, 2.05) is 42.1 Å². The van der Waals surface area contributed by atoms with Gasteiger partial charge in [0.15, 0.2) is 0 Å². The van der Waals surface area contributed by atoms with Crippen LogP contribution in [-0.4, -0.2) is 58.6 Å². The van der Waals surface area contributed by atoms with Crippen molar-refractivity contribution in [2.75, 3.05) is 32.5 Å². The van der Waals surface area contributed by atoms with Gasteiger partial charge in [-0.1, -0.05) is 18.2 Å². The van der Waals surface area contributed by atoms with Crippen molar-refractivity contribution >= 4 is 28.6 Å². The summed E-state index contributed by atoms with van der Waals surface area (Å²) in [4.78, 5) is 19.5. The highest BCUT2D eigenvalue weighted by atomic mass is 32.2. The smallest absolute Gasteiger partial charge is 0.303 e. The van der Waals surface area contributed by atoms with Crippen LogP contribution in [0.1, 0.15) is 43.8 Å². The summed E-state index contributed by atoms with van der Waals surface area (Å²) in [6.07, 6.45) is 4.61. The molecule has 2 aromatic carbocycles. The summed E-state index contributed by atoms with van der Waals surface area (Å²) in [7, 11) is 1.64. The van der Waals surface area contributed by atoms with Crippen molar-refractivity contribution in [2.24, 2.45) is 11.8 Å². The van der Waals surface area contributed by atoms with Crippen molar-refractivity contribution in [2.45, 2.75) is 43.1 Å². The first kappa shape index (κ1) is 26.5. The van der Waals surface area contributed by atoms with Crippen LogP contribution in [0.5, 0.6) is 5.75 Å². The number of ether oxygens (including phenoxy) is 1. The Bertz CT molecular complexity index is 1130. The van der Waals surface area contributed by atoms with Crippen LogP contribution in [0.2, 0.25) is 0 Å². The van der Waals surface area contributed by atoms with Gasteiger partial charge in [-0.25, -0.2) is 0 Å². The van der Waals surface area contributed by atoms with E-state index in [0.29, 0.717) is 24.7 Å². The summed E-state index contributed by atoms with van der Waals surface area (Å²) in [5.41, 5.74) is 1.71. The number of aliphatic hydroxyl groups excluding tert-OH is 1. The Morgan fingerprint density at radius 3 is 2.78 bits per heavy atom. The molecular weight excluding hydrogens is 472 g/mol. The third-order valence-corrected chi connectivity index (χ3v) is 8.27. The van der Waals surface area contributed by atoms with Crippen LogP contribution < -0.4 is 4.74 Å². The predicted molar refractivity (Wildman–Crippen MR) is 145 cm³/mol. The Balaban J connectivity index is 1.35. The van der Waals surface area contributed by atoms with Gasteiger partial charge < -0.3 is 19.8 Å². The zero-order valence-electron chi connectivity index (χ0n) is 20.9. The number of methoxy groups -OCH3 is 1. The van der Waals surface area contributed by atoms with E-state index >= 15 is 0 Å². The summed E-state index contributed by atoms with van der Waals surface area (Å²) in [5.74, 6) is 1.79. The second-order valence-corrected chi connectivity index (χ2v) is 10.7. The number of thioether (sulfide) groups is 1. The Hall–Kier alpha value is -2.61. The van der Waals surface area contributed by atoms with Crippen LogP contribution in [0.4, 0.5) is 0 Å². The van der Waals surface area contributed by atoms with Gasteiger partial charge in [-0.2, -0.15) is 0 Å². The molecule has 6 nitrogen and oxygen atoms in total. The van der Waals surface area contributed by atoms with Gasteiger partial charge in [0.2, 0.25) is 0 Å². The van der Waals surface area contributed by atoms with Gasteiger partial charge in [-0.15, -0.1) is 11.8 Å². The molecule has 2 heterocycles. The van der Waals surface area contributed by atoms with Crippen LogP contribution in [-0.2, 0) is 4.79 Å². The number of benzene rings is 2. The number of fused-ring (bicyclic) bond motifs is 1. The number of nitrogens with zero attached hydrogens (tertiary/aromatic N) is 2. The second-order valence-electron chi connectivity index (χ2n) is 9.58. The number of pyridine rings is 1. The summed E-state index contributed by atoms with van der Waals surface area (Å²) in [6, 6.07) is 18.1. The fourth-order valence-electron chi connectivity index (χ4n) is 5.28. The number of rotatable bonds is 12. The minimum absolute atomic E-state index is 0.200. The molecule has 3 aromatic rings. The van der Waals surface area contributed by atoms with Gasteiger partial charge in [-0.05, 0) is 86.0 Å². The van der Waals surface area contributed by atoms with E-state index in [1.165, 1.54) is 4.90 Å². The Morgan fingerprint density at radius 2 is 2.00 bits per heavy atom. The van der Waals surface area contributed by atoms with Gasteiger partial charge in [0, 0.05) is 41.7 Å². The quantitative estimate of drug-likeness (QED) is 0.306.